The van der Waals surface area contributed by atoms with Gasteiger partial charge in [-0.3, -0.25) is 9.10 Å². The first kappa shape index (κ1) is 18.1. The molecule has 1 aliphatic rings. The number of hydrogen-bond acceptors (Lipinski definition) is 3. The van der Waals surface area contributed by atoms with Gasteiger partial charge < -0.3 is 4.90 Å². The van der Waals surface area contributed by atoms with Crippen LogP contribution in [0.1, 0.15) is 32.6 Å². The number of carbonyl (C=O) groups is 1. The molecule has 128 valence electrons. The van der Waals surface area contributed by atoms with Gasteiger partial charge in [0.25, 0.3) is 0 Å². The fraction of sp³-hybridized carbons (Fsp3) is 0.562. The monoisotopic (exact) mass is 358 g/mol. The molecule has 1 atom stereocenters. The fourth-order valence-corrected chi connectivity index (χ4v) is 4.24. The molecule has 1 unspecified atom stereocenters. The highest BCUT2D eigenvalue weighted by Gasteiger charge is 2.32. The van der Waals surface area contributed by atoms with Crippen LogP contribution in [0.3, 0.4) is 0 Å². The van der Waals surface area contributed by atoms with Crippen LogP contribution in [0.15, 0.2) is 24.3 Å². The van der Waals surface area contributed by atoms with Crippen molar-refractivity contribution in [3.63, 3.8) is 0 Å². The van der Waals surface area contributed by atoms with Crippen molar-refractivity contribution in [2.75, 3.05) is 23.7 Å². The van der Waals surface area contributed by atoms with Gasteiger partial charge in [-0.1, -0.05) is 24.4 Å². The number of hydrogen-bond donors (Lipinski definition) is 0. The summed E-state index contributed by atoms with van der Waals surface area (Å²) in [4.78, 5) is 14.6. The molecule has 2 rings (SSSR count). The second kappa shape index (κ2) is 7.53. The SMILES string of the molecule is CC(C(=O)N1CCCCCC1)N(c1ccc(Cl)cc1)S(C)(=O)=O. The van der Waals surface area contributed by atoms with Gasteiger partial charge in [0, 0.05) is 18.1 Å². The van der Waals surface area contributed by atoms with Gasteiger partial charge in [-0.2, -0.15) is 0 Å². The lowest BCUT2D eigenvalue weighted by atomic mass is 10.2. The van der Waals surface area contributed by atoms with Crippen LogP contribution in [0.4, 0.5) is 5.69 Å². The van der Waals surface area contributed by atoms with Crippen molar-refractivity contribution in [3.05, 3.63) is 29.3 Å². The number of halogens is 1. The molecular weight excluding hydrogens is 336 g/mol. The van der Waals surface area contributed by atoms with Gasteiger partial charge in [0.05, 0.1) is 11.9 Å². The maximum atomic E-state index is 12.8. The van der Waals surface area contributed by atoms with Gasteiger partial charge in [0.2, 0.25) is 15.9 Å². The van der Waals surface area contributed by atoms with Crippen molar-refractivity contribution >= 4 is 33.2 Å². The minimum Gasteiger partial charge on any atom is -0.341 e. The number of amides is 1. The fourth-order valence-electron chi connectivity index (χ4n) is 2.95. The molecular formula is C16H23ClN2O3S. The highest BCUT2D eigenvalue weighted by molar-refractivity contribution is 7.92. The maximum Gasteiger partial charge on any atom is 0.246 e. The Bertz CT molecular complexity index is 638. The molecule has 0 aliphatic carbocycles. The van der Waals surface area contributed by atoms with E-state index in [1.807, 2.05) is 0 Å². The summed E-state index contributed by atoms with van der Waals surface area (Å²) in [6.45, 7) is 3.03. The summed E-state index contributed by atoms with van der Waals surface area (Å²) in [6, 6.07) is 5.71. The van der Waals surface area contributed by atoms with Crippen molar-refractivity contribution in [3.8, 4) is 0 Å². The zero-order valence-corrected chi connectivity index (χ0v) is 15.1. The Labute approximate surface area is 143 Å². The van der Waals surface area contributed by atoms with Gasteiger partial charge >= 0.3 is 0 Å². The third kappa shape index (κ3) is 4.61. The predicted octanol–water partition coefficient (Wildman–Crippen LogP) is 2.90. The van der Waals surface area contributed by atoms with Crippen molar-refractivity contribution in [1.82, 2.24) is 4.90 Å². The molecule has 1 saturated heterocycles. The van der Waals surface area contributed by atoms with Crippen LogP contribution in [-0.4, -0.2) is 44.6 Å². The average Bonchev–Trinajstić information content (AvgIpc) is 2.76. The summed E-state index contributed by atoms with van der Waals surface area (Å²) in [5.74, 6) is -0.146. The van der Waals surface area contributed by atoms with Gasteiger partial charge in [0.1, 0.15) is 6.04 Å². The van der Waals surface area contributed by atoms with Gasteiger partial charge in [-0.05, 0) is 44.0 Å². The van der Waals surface area contributed by atoms with Crippen LogP contribution in [0, 0.1) is 0 Å². The molecule has 0 spiro atoms. The first-order chi connectivity index (χ1) is 10.8. The Hall–Kier alpha value is -1.27. The topological polar surface area (TPSA) is 57.7 Å². The van der Waals surface area contributed by atoms with E-state index in [9.17, 15) is 13.2 Å². The number of rotatable bonds is 4. The molecule has 1 amide bonds. The maximum absolute atomic E-state index is 12.8. The molecule has 0 aromatic heterocycles. The summed E-state index contributed by atoms with van der Waals surface area (Å²) in [5.41, 5.74) is 0.451. The Morgan fingerprint density at radius 1 is 1.13 bits per heavy atom. The number of sulfonamides is 1. The lowest BCUT2D eigenvalue weighted by molar-refractivity contribution is -0.131. The van der Waals surface area contributed by atoms with Crippen LogP contribution in [0.25, 0.3) is 0 Å². The van der Waals surface area contributed by atoms with Crippen LogP contribution in [-0.2, 0) is 14.8 Å². The number of nitrogens with zero attached hydrogens (tertiary/aromatic N) is 2. The Morgan fingerprint density at radius 2 is 1.65 bits per heavy atom. The molecule has 1 aromatic rings. The molecule has 5 nitrogen and oxygen atoms in total. The summed E-state index contributed by atoms with van der Waals surface area (Å²) >= 11 is 5.87. The van der Waals surface area contributed by atoms with E-state index >= 15 is 0 Å². The lowest BCUT2D eigenvalue weighted by Crippen LogP contribution is -2.49. The molecule has 0 saturated carbocycles. The summed E-state index contributed by atoms with van der Waals surface area (Å²) in [5, 5.41) is 0.522. The van der Waals surface area contributed by atoms with Crippen LogP contribution >= 0.6 is 11.6 Å². The minimum atomic E-state index is -3.58. The van der Waals surface area contributed by atoms with Crippen molar-refractivity contribution in [1.29, 1.82) is 0 Å². The highest BCUT2D eigenvalue weighted by atomic mass is 35.5. The summed E-state index contributed by atoms with van der Waals surface area (Å²) in [6.07, 6.45) is 5.29. The van der Waals surface area contributed by atoms with Crippen LogP contribution in [0.2, 0.25) is 5.02 Å². The van der Waals surface area contributed by atoms with E-state index < -0.39 is 16.1 Å². The first-order valence-electron chi connectivity index (χ1n) is 7.84. The minimum absolute atomic E-state index is 0.146. The third-order valence-electron chi connectivity index (χ3n) is 4.07. The number of anilines is 1. The second-order valence-corrected chi connectivity index (χ2v) is 8.25. The molecule has 0 N–H and O–H groups in total. The van der Waals surface area contributed by atoms with Crippen LogP contribution < -0.4 is 4.31 Å². The number of benzene rings is 1. The smallest absolute Gasteiger partial charge is 0.246 e. The van der Waals surface area contributed by atoms with E-state index in [1.165, 1.54) is 4.31 Å². The Kier molecular flexibility index (Phi) is 5.92. The second-order valence-electron chi connectivity index (χ2n) is 5.95. The standard InChI is InChI=1S/C16H23ClN2O3S/c1-13(16(20)18-11-5-3-4-6-12-18)19(23(2,21)22)15-9-7-14(17)8-10-15/h7-10,13H,3-6,11-12H2,1-2H3. The zero-order chi connectivity index (χ0) is 17.0. The largest absolute Gasteiger partial charge is 0.341 e. The molecule has 1 aliphatic heterocycles. The van der Waals surface area contributed by atoms with E-state index in [2.05, 4.69) is 0 Å². The van der Waals surface area contributed by atoms with E-state index in [0.29, 0.717) is 23.8 Å². The van der Waals surface area contributed by atoms with Gasteiger partial charge in [-0.25, -0.2) is 8.42 Å². The average molecular weight is 359 g/mol. The van der Waals surface area contributed by atoms with Crippen molar-refractivity contribution in [2.24, 2.45) is 0 Å². The number of carbonyl (C=O) groups excluding carboxylic acids is 1. The van der Waals surface area contributed by atoms with Crippen molar-refractivity contribution in [2.45, 2.75) is 38.6 Å². The molecule has 0 radical (unpaired) electrons. The quantitative estimate of drug-likeness (QED) is 0.831. The van der Waals surface area contributed by atoms with Gasteiger partial charge in [-0.15, -0.1) is 0 Å². The van der Waals surface area contributed by atoms with E-state index in [0.717, 1.165) is 31.9 Å². The molecule has 1 fully saturated rings. The molecule has 0 bridgehead atoms. The third-order valence-corrected chi connectivity index (χ3v) is 5.56. The van der Waals surface area contributed by atoms with Gasteiger partial charge in [0.15, 0.2) is 0 Å². The molecule has 23 heavy (non-hydrogen) atoms. The molecule has 1 heterocycles. The summed E-state index contributed by atoms with van der Waals surface area (Å²) < 4.78 is 25.6. The van der Waals surface area contributed by atoms with E-state index in [4.69, 9.17) is 11.6 Å². The van der Waals surface area contributed by atoms with Crippen molar-refractivity contribution < 1.29 is 13.2 Å². The lowest BCUT2D eigenvalue weighted by Gasteiger charge is -2.32. The van der Waals surface area contributed by atoms with E-state index in [-0.39, 0.29) is 5.91 Å². The normalized spacial score (nSPS) is 17.4. The van der Waals surface area contributed by atoms with E-state index in [1.54, 1.807) is 36.1 Å². The summed E-state index contributed by atoms with van der Waals surface area (Å²) in [7, 11) is -3.58. The predicted molar refractivity (Wildman–Crippen MR) is 93.3 cm³/mol. The molecule has 7 heteroatoms. The Balaban J connectivity index is 2.27. The molecule has 1 aromatic carbocycles. The highest BCUT2D eigenvalue weighted by Crippen LogP contribution is 2.24. The zero-order valence-electron chi connectivity index (χ0n) is 13.5. The first-order valence-corrected chi connectivity index (χ1v) is 10.1. The van der Waals surface area contributed by atoms with Crippen LogP contribution in [0.5, 0.6) is 0 Å². The number of likely N-dealkylation sites (tertiary alicyclic amines) is 1. The Morgan fingerprint density at radius 3 is 2.13 bits per heavy atom.